The molecule has 19 heavy (non-hydrogen) atoms. The number of anilines is 1. The highest BCUT2D eigenvalue weighted by molar-refractivity contribution is 6.30. The molecule has 3 rings (SSSR count). The molecule has 0 amide bonds. The third-order valence-electron chi connectivity index (χ3n) is 2.97. The standard InChI is InChI=1S/C14H11ClFN3/c15-10-5-4-9(12(16)6-10)7-17-13-2-1-3-14-11(13)8-18-19-14/h1-6,8,17H,7H2,(H,18,19). The third kappa shape index (κ3) is 2.39. The fourth-order valence-electron chi connectivity index (χ4n) is 1.98. The number of nitrogens with zero attached hydrogens (tertiary/aromatic N) is 1. The Bertz CT molecular complexity index is 724. The summed E-state index contributed by atoms with van der Waals surface area (Å²) in [4.78, 5) is 0. The highest BCUT2D eigenvalue weighted by atomic mass is 35.5. The van der Waals surface area contributed by atoms with Gasteiger partial charge in [-0.3, -0.25) is 5.10 Å². The molecule has 1 aromatic heterocycles. The molecule has 0 aliphatic rings. The van der Waals surface area contributed by atoms with Crippen LogP contribution in [0.2, 0.25) is 5.02 Å². The van der Waals surface area contributed by atoms with Crippen molar-refractivity contribution in [2.24, 2.45) is 0 Å². The first-order chi connectivity index (χ1) is 9.24. The zero-order valence-corrected chi connectivity index (χ0v) is 10.7. The van der Waals surface area contributed by atoms with E-state index in [1.54, 1.807) is 18.3 Å². The zero-order chi connectivity index (χ0) is 13.2. The molecule has 0 aliphatic heterocycles. The molecule has 3 nitrogen and oxygen atoms in total. The smallest absolute Gasteiger partial charge is 0.129 e. The molecule has 0 saturated heterocycles. The van der Waals surface area contributed by atoms with E-state index >= 15 is 0 Å². The molecular weight excluding hydrogens is 265 g/mol. The first kappa shape index (κ1) is 12.0. The van der Waals surface area contributed by atoms with Crippen molar-refractivity contribution in [2.75, 3.05) is 5.32 Å². The molecule has 0 aliphatic carbocycles. The van der Waals surface area contributed by atoms with E-state index in [2.05, 4.69) is 15.5 Å². The second-order valence-electron chi connectivity index (χ2n) is 4.23. The molecule has 5 heteroatoms. The van der Waals surface area contributed by atoms with Gasteiger partial charge in [0.2, 0.25) is 0 Å². The molecule has 0 saturated carbocycles. The lowest BCUT2D eigenvalue weighted by molar-refractivity contribution is 0.613. The largest absolute Gasteiger partial charge is 0.380 e. The Kier molecular flexibility index (Phi) is 3.09. The lowest BCUT2D eigenvalue weighted by Crippen LogP contribution is -2.01. The Morgan fingerprint density at radius 2 is 2.16 bits per heavy atom. The minimum absolute atomic E-state index is 0.306. The fourth-order valence-corrected chi connectivity index (χ4v) is 2.14. The summed E-state index contributed by atoms with van der Waals surface area (Å²) < 4.78 is 13.7. The average Bonchev–Trinajstić information content (AvgIpc) is 2.86. The Labute approximate surface area is 114 Å². The Morgan fingerprint density at radius 3 is 3.00 bits per heavy atom. The molecule has 1 heterocycles. The molecule has 0 spiro atoms. The molecule has 2 N–H and O–H groups in total. The van der Waals surface area contributed by atoms with Gasteiger partial charge in [0, 0.05) is 28.2 Å². The van der Waals surface area contributed by atoms with Gasteiger partial charge in [0.15, 0.2) is 0 Å². The minimum atomic E-state index is -0.306. The minimum Gasteiger partial charge on any atom is -0.380 e. The van der Waals surface area contributed by atoms with Crippen molar-refractivity contribution in [2.45, 2.75) is 6.54 Å². The van der Waals surface area contributed by atoms with Gasteiger partial charge in [-0.15, -0.1) is 0 Å². The average molecular weight is 276 g/mol. The summed E-state index contributed by atoms with van der Waals surface area (Å²) in [7, 11) is 0. The fraction of sp³-hybridized carbons (Fsp3) is 0.0714. The number of hydrogen-bond donors (Lipinski definition) is 2. The second-order valence-corrected chi connectivity index (χ2v) is 4.66. The first-order valence-electron chi connectivity index (χ1n) is 5.84. The second kappa shape index (κ2) is 4.90. The summed E-state index contributed by atoms with van der Waals surface area (Å²) in [5, 5.41) is 11.5. The van der Waals surface area contributed by atoms with Crippen LogP contribution in [0.1, 0.15) is 5.56 Å². The van der Waals surface area contributed by atoms with E-state index in [4.69, 9.17) is 11.6 Å². The van der Waals surface area contributed by atoms with E-state index < -0.39 is 0 Å². The van der Waals surface area contributed by atoms with Crippen molar-refractivity contribution in [1.82, 2.24) is 10.2 Å². The van der Waals surface area contributed by atoms with Gasteiger partial charge in [-0.05, 0) is 24.3 Å². The summed E-state index contributed by atoms with van der Waals surface area (Å²) in [6.45, 7) is 0.396. The van der Waals surface area contributed by atoms with Crippen molar-refractivity contribution in [3.05, 3.63) is 59.0 Å². The predicted octanol–water partition coefficient (Wildman–Crippen LogP) is 3.97. The van der Waals surface area contributed by atoms with Crippen molar-refractivity contribution >= 4 is 28.2 Å². The number of benzene rings is 2. The number of aromatic nitrogens is 2. The summed E-state index contributed by atoms with van der Waals surface area (Å²) >= 11 is 5.72. The highest BCUT2D eigenvalue weighted by Crippen LogP contribution is 2.22. The maximum atomic E-state index is 13.7. The molecule has 0 unspecified atom stereocenters. The topological polar surface area (TPSA) is 40.7 Å². The van der Waals surface area contributed by atoms with Gasteiger partial charge < -0.3 is 5.32 Å². The van der Waals surface area contributed by atoms with Crippen molar-refractivity contribution in [3.63, 3.8) is 0 Å². The summed E-state index contributed by atoms with van der Waals surface area (Å²) in [6.07, 6.45) is 1.75. The van der Waals surface area contributed by atoms with Crippen LogP contribution >= 0.6 is 11.6 Å². The number of halogens is 2. The van der Waals surface area contributed by atoms with Crippen molar-refractivity contribution in [1.29, 1.82) is 0 Å². The number of nitrogens with one attached hydrogen (secondary N) is 2. The molecule has 0 atom stereocenters. The van der Waals surface area contributed by atoms with Gasteiger partial charge in [-0.1, -0.05) is 23.7 Å². The lowest BCUT2D eigenvalue weighted by Gasteiger charge is -2.08. The molecule has 0 bridgehead atoms. The highest BCUT2D eigenvalue weighted by Gasteiger charge is 2.05. The molecular formula is C14H11ClFN3. The van der Waals surface area contributed by atoms with E-state index in [1.165, 1.54) is 6.07 Å². The number of hydrogen-bond acceptors (Lipinski definition) is 2. The van der Waals surface area contributed by atoms with Gasteiger partial charge in [-0.2, -0.15) is 5.10 Å². The van der Waals surface area contributed by atoms with Crippen LogP contribution in [-0.2, 0) is 6.54 Å². The van der Waals surface area contributed by atoms with Crippen molar-refractivity contribution < 1.29 is 4.39 Å². The van der Waals surface area contributed by atoms with Crippen LogP contribution in [0.5, 0.6) is 0 Å². The Morgan fingerprint density at radius 1 is 1.26 bits per heavy atom. The molecule has 3 aromatic rings. The van der Waals surface area contributed by atoms with Gasteiger partial charge >= 0.3 is 0 Å². The summed E-state index contributed by atoms with van der Waals surface area (Å²) in [5.74, 6) is -0.306. The number of fused-ring (bicyclic) bond motifs is 1. The maximum Gasteiger partial charge on any atom is 0.129 e. The van der Waals surface area contributed by atoms with Crippen LogP contribution in [0, 0.1) is 5.82 Å². The van der Waals surface area contributed by atoms with E-state index in [1.807, 2.05) is 18.2 Å². The zero-order valence-electron chi connectivity index (χ0n) is 9.95. The molecule has 0 fully saturated rings. The van der Waals surface area contributed by atoms with E-state index in [0.717, 1.165) is 16.6 Å². The van der Waals surface area contributed by atoms with E-state index in [9.17, 15) is 4.39 Å². The summed E-state index contributed by atoms with van der Waals surface area (Å²) in [5.41, 5.74) is 2.44. The van der Waals surface area contributed by atoms with Crippen LogP contribution in [0.25, 0.3) is 10.9 Å². The maximum absolute atomic E-state index is 13.7. The number of rotatable bonds is 3. The van der Waals surface area contributed by atoms with E-state index in [0.29, 0.717) is 17.1 Å². The Hall–Kier alpha value is -2.07. The van der Waals surface area contributed by atoms with Crippen LogP contribution in [0.3, 0.4) is 0 Å². The number of aromatic amines is 1. The van der Waals surface area contributed by atoms with Crippen molar-refractivity contribution in [3.8, 4) is 0 Å². The van der Waals surface area contributed by atoms with Gasteiger partial charge in [-0.25, -0.2) is 4.39 Å². The molecule has 2 aromatic carbocycles. The Balaban J connectivity index is 1.84. The normalized spacial score (nSPS) is 10.8. The quantitative estimate of drug-likeness (QED) is 0.759. The van der Waals surface area contributed by atoms with E-state index in [-0.39, 0.29) is 5.82 Å². The van der Waals surface area contributed by atoms with Gasteiger partial charge in [0.05, 0.1) is 11.7 Å². The monoisotopic (exact) mass is 275 g/mol. The predicted molar refractivity (Wildman–Crippen MR) is 74.8 cm³/mol. The summed E-state index contributed by atoms with van der Waals surface area (Å²) in [6, 6.07) is 10.5. The molecule has 0 radical (unpaired) electrons. The SMILES string of the molecule is Fc1cc(Cl)ccc1CNc1cccc2[nH]ncc12. The van der Waals surface area contributed by atoms with Crippen LogP contribution in [0.4, 0.5) is 10.1 Å². The molecule has 96 valence electrons. The number of H-pyrrole nitrogens is 1. The first-order valence-corrected chi connectivity index (χ1v) is 6.22. The van der Waals surface area contributed by atoms with Crippen LogP contribution in [0.15, 0.2) is 42.6 Å². The third-order valence-corrected chi connectivity index (χ3v) is 3.20. The van der Waals surface area contributed by atoms with Crippen LogP contribution < -0.4 is 5.32 Å². The van der Waals surface area contributed by atoms with Crippen LogP contribution in [-0.4, -0.2) is 10.2 Å². The van der Waals surface area contributed by atoms with Gasteiger partial charge in [0.1, 0.15) is 5.82 Å². The lowest BCUT2D eigenvalue weighted by atomic mass is 10.2. The van der Waals surface area contributed by atoms with Gasteiger partial charge in [0.25, 0.3) is 0 Å².